The second-order valence-electron chi connectivity index (χ2n) is 7.60. The molecule has 1 saturated heterocycles. The Balaban J connectivity index is 0.00000243. The molecule has 26 heavy (non-hydrogen) atoms. The standard InChI is InChI=1S/C19H34N4O2.HI/c1-3-20-18(21-14-17(24)23-11-7-8-12-23)22-15-13-16(25-4-2)19(15)9-5-6-10-19;/h15-16H,3-14H2,1-2H3,(H2,20,21,22);1H. The third-order valence-electron chi connectivity index (χ3n) is 6.17. The molecule has 2 saturated carbocycles. The highest BCUT2D eigenvalue weighted by Gasteiger charge is 2.56. The molecule has 2 aliphatic carbocycles. The van der Waals surface area contributed by atoms with Gasteiger partial charge in [-0.1, -0.05) is 12.8 Å². The van der Waals surface area contributed by atoms with Crippen LogP contribution in [0, 0.1) is 5.41 Å². The first kappa shape index (κ1) is 21.7. The first-order chi connectivity index (χ1) is 12.2. The number of hydrogen-bond acceptors (Lipinski definition) is 3. The second-order valence-corrected chi connectivity index (χ2v) is 7.60. The van der Waals surface area contributed by atoms with Crippen LogP contribution < -0.4 is 10.6 Å². The van der Waals surface area contributed by atoms with Gasteiger partial charge in [-0.2, -0.15) is 0 Å². The monoisotopic (exact) mass is 478 g/mol. The van der Waals surface area contributed by atoms with Gasteiger partial charge in [0.1, 0.15) is 6.54 Å². The minimum Gasteiger partial charge on any atom is -0.378 e. The first-order valence-electron chi connectivity index (χ1n) is 10.1. The molecule has 1 heterocycles. The molecule has 1 aliphatic heterocycles. The lowest BCUT2D eigenvalue weighted by Gasteiger charge is -2.54. The van der Waals surface area contributed by atoms with Crippen LogP contribution in [-0.2, 0) is 9.53 Å². The average molecular weight is 478 g/mol. The number of aliphatic imine (C=N–C) groups is 1. The zero-order chi connectivity index (χ0) is 17.7. The molecule has 0 bridgehead atoms. The number of rotatable bonds is 6. The summed E-state index contributed by atoms with van der Waals surface area (Å²) < 4.78 is 5.99. The van der Waals surface area contributed by atoms with Crippen molar-refractivity contribution in [3.63, 3.8) is 0 Å². The Bertz CT molecular complexity index is 488. The van der Waals surface area contributed by atoms with Crippen molar-refractivity contribution in [1.82, 2.24) is 15.5 Å². The summed E-state index contributed by atoms with van der Waals surface area (Å²) in [6, 6.07) is 0.409. The maximum atomic E-state index is 12.3. The van der Waals surface area contributed by atoms with E-state index < -0.39 is 0 Å². The number of carbonyl (C=O) groups excluding carboxylic acids is 1. The molecule has 3 fully saturated rings. The van der Waals surface area contributed by atoms with E-state index in [0.29, 0.717) is 12.1 Å². The fourth-order valence-electron chi connectivity index (χ4n) is 4.79. The Morgan fingerprint density at radius 2 is 1.88 bits per heavy atom. The fraction of sp³-hybridized carbons (Fsp3) is 0.895. The van der Waals surface area contributed by atoms with Crippen LogP contribution in [0.15, 0.2) is 4.99 Å². The van der Waals surface area contributed by atoms with Crippen LogP contribution in [0.4, 0.5) is 0 Å². The van der Waals surface area contributed by atoms with Gasteiger partial charge in [0.15, 0.2) is 5.96 Å². The lowest BCUT2D eigenvalue weighted by Crippen LogP contribution is -2.65. The largest absolute Gasteiger partial charge is 0.378 e. The fourth-order valence-corrected chi connectivity index (χ4v) is 4.79. The maximum Gasteiger partial charge on any atom is 0.244 e. The summed E-state index contributed by atoms with van der Waals surface area (Å²) in [4.78, 5) is 18.8. The molecule has 7 heteroatoms. The second kappa shape index (κ2) is 10.1. The van der Waals surface area contributed by atoms with Gasteiger partial charge in [-0.3, -0.25) is 4.79 Å². The van der Waals surface area contributed by atoms with Crippen LogP contribution in [0.25, 0.3) is 0 Å². The van der Waals surface area contributed by atoms with E-state index >= 15 is 0 Å². The molecule has 2 unspecified atom stereocenters. The van der Waals surface area contributed by atoms with Crippen molar-refractivity contribution in [2.45, 2.75) is 70.9 Å². The summed E-state index contributed by atoms with van der Waals surface area (Å²) in [5, 5.41) is 6.92. The van der Waals surface area contributed by atoms with Gasteiger partial charge >= 0.3 is 0 Å². The third-order valence-corrected chi connectivity index (χ3v) is 6.17. The third kappa shape index (κ3) is 4.64. The van der Waals surface area contributed by atoms with Gasteiger partial charge in [-0.05, 0) is 46.0 Å². The SMILES string of the molecule is CCNC(=NCC(=O)N1CCCC1)NC1CC(OCC)C12CCCC2.I. The van der Waals surface area contributed by atoms with Crippen molar-refractivity contribution < 1.29 is 9.53 Å². The first-order valence-corrected chi connectivity index (χ1v) is 10.1. The molecule has 1 spiro atoms. The number of carbonyl (C=O) groups is 1. The lowest BCUT2D eigenvalue weighted by molar-refractivity contribution is -0.128. The zero-order valence-corrected chi connectivity index (χ0v) is 18.6. The summed E-state index contributed by atoms with van der Waals surface area (Å²) in [6.07, 6.45) is 8.73. The molecule has 0 aromatic heterocycles. The van der Waals surface area contributed by atoms with Crippen molar-refractivity contribution in [3.8, 4) is 0 Å². The molecule has 6 nitrogen and oxygen atoms in total. The van der Waals surface area contributed by atoms with Crippen molar-refractivity contribution in [2.24, 2.45) is 10.4 Å². The Labute approximate surface area is 174 Å². The predicted molar refractivity (Wildman–Crippen MR) is 115 cm³/mol. The highest BCUT2D eigenvalue weighted by Crippen LogP contribution is 2.54. The minimum atomic E-state index is 0. The van der Waals surface area contributed by atoms with E-state index in [4.69, 9.17) is 4.74 Å². The molecular weight excluding hydrogens is 443 g/mol. The normalized spacial score (nSPS) is 27.2. The van der Waals surface area contributed by atoms with Gasteiger partial charge < -0.3 is 20.3 Å². The summed E-state index contributed by atoms with van der Waals surface area (Å²) in [5.74, 6) is 0.923. The smallest absolute Gasteiger partial charge is 0.244 e. The van der Waals surface area contributed by atoms with Crippen LogP contribution >= 0.6 is 24.0 Å². The van der Waals surface area contributed by atoms with Crippen molar-refractivity contribution >= 4 is 35.8 Å². The van der Waals surface area contributed by atoms with Gasteiger partial charge in [0.25, 0.3) is 0 Å². The molecule has 0 aromatic rings. The summed E-state index contributed by atoms with van der Waals surface area (Å²) in [6.45, 7) is 7.76. The zero-order valence-electron chi connectivity index (χ0n) is 16.3. The Kier molecular flexibility index (Phi) is 8.44. The van der Waals surface area contributed by atoms with Crippen molar-refractivity contribution in [2.75, 3.05) is 32.8 Å². The highest BCUT2D eigenvalue weighted by molar-refractivity contribution is 14.0. The lowest BCUT2D eigenvalue weighted by atomic mass is 9.60. The van der Waals surface area contributed by atoms with Gasteiger partial charge in [0.05, 0.1) is 6.10 Å². The Hall–Kier alpha value is -0.570. The quantitative estimate of drug-likeness (QED) is 0.350. The number of guanidine groups is 1. The van der Waals surface area contributed by atoms with E-state index in [2.05, 4.69) is 29.5 Å². The number of nitrogens with one attached hydrogen (secondary N) is 2. The molecule has 0 aromatic carbocycles. The van der Waals surface area contributed by atoms with Crippen LogP contribution in [0.5, 0.6) is 0 Å². The van der Waals surface area contributed by atoms with Gasteiger partial charge in [0.2, 0.25) is 5.91 Å². The predicted octanol–water partition coefficient (Wildman–Crippen LogP) is 2.52. The number of likely N-dealkylation sites (tertiary alicyclic amines) is 1. The Morgan fingerprint density at radius 3 is 2.50 bits per heavy atom. The van der Waals surface area contributed by atoms with Crippen LogP contribution in [-0.4, -0.2) is 61.7 Å². The maximum absolute atomic E-state index is 12.3. The van der Waals surface area contributed by atoms with Crippen LogP contribution in [0.1, 0.15) is 58.8 Å². The Morgan fingerprint density at radius 1 is 1.19 bits per heavy atom. The minimum absolute atomic E-state index is 0. The average Bonchev–Trinajstić information content (AvgIpc) is 3.31. The molecular formula is C19H35IN4O2. The molecule has 2 N–H and O–H groups in total. The molecule has 3 aliphatic rings. The summed E-state index contributed by atoms with van der Waals surface area (Å²) in [7, 11) is 0. The molecule has 2 atom stereocenters. The van der Waals surface area contributed by atoms with E-state index in [0.717, 1.165) is 51.5 Å². The van der Waals surface area contributed by atoms with Gasteiger partial charge in [0, 0.05) is 37.7 Å². The molecule has 0 radical (unpaired) electrons. The number of amides is 1. The highest BCUT2D eigenvalue weighted by atomic mass is 127. The molecule has 3 rings (SSSR count). The molecule has 1 amide bonds. The summed E-state index contributed by atoms with van der Waals surface area (Å²) >= 11 is 0. The van der Waals surface area contributed by atoms with E-state index in [1.165, 1.54) is 25.7 Å². The van der Waals surface area contributed by atoms with Gasteiger partial charge in [-0.15, -0.1) is 24.0 Å². The molecule has 150 valence electrons. The number of hydrogen-bond donors (Lipinski definition) is 2. The topological polar surface area (TPSA) is 66.0 Å². The van der Waals surface area contributed by atoms with Crippen molar-refractivity contribution in [3.05, 3.63) is 0 Å². The van der Waals surface area contributed by atoms with Crippen molar-refractivity contribution in [1.29, 1.82) is 0 Å². The number of ether oxygens (including phenoxy) is 1. The van der Waals surface area contributed by atoms with Gasteiger partial charge in [-0.25, -0.2) is 4.99 Å². The number of nitrogens with zero attached hydrogens (tertiary/aromatic N) is 2. The summed E-state index contributed by atoms with van der Waals surface area (Å²) in [5.41, 5.74) is 0.269. The van der Waals surface area contributed by atoms with E-state index in [-0.39, 0.29) is 41.8 Å². The van der Waals surface area contributed by atoms with Crippen LogP contribution in [0.2, 0.25) is 0 Å². The van der Waals surface area contributed by atoms with Crippen LogP contribution in [0.3, 0.4) is 0 Å². The number of halogens is 1. The van der Waals surface area contributed by atoms with E-state index in [9.17, 15) is 4.79 Å². The van der Waals surface area contributed by atoms with E-state index in [1.54, 1.807) is 0 Å². The van der Waals surface area contributed by atoms with E-state index in [1.807, 2.05) is 4.90 Å².